The van der Waals surface area contributed by atoms with E-state index in [1.807, 2.05) is 0 Å². The molecule has 3 aromatic rings. The number of fused-ring (bicyclic) bond motifs is 1. The van der Waals surface area contributed by atoms with Crippen LogP contribution in [0.3, 0.4) is 0 Å². The van der Waals surface area contributed by atoms with Crippen LogP contribution < -0.4 is 10.1 Å². The molecule has 2 unspecified atom stereocenters. The van der Waals surface area contributed by atoms with Crippen molar-refractivity contribution >= 4 is 44.9 Å². The first-order valence-corrected chi connectivity index (χ1v) is 9.58. The quantitative estimate of drug-likeness (QED) is 0.656. The van der Waals surface area contributed by atoms with Crippen LogP contribution in [0.4, 0.5) is 14.9 Å². The lowest BCUT2D eigenvalue weighted by atomic mass is 10.2. The first kappa shape index (κ1) is 17.9. The number of carbonyl (C=O) groups is 1. The number of ether oxygens (including phenoxy) is 2. The highest BCUT2D eigenvalue weighted by molar-refractivity contribution is 7.22. The normalized spacial score (nSPS) is 19.2. The molecule has 1 aromatic carbocycles. The van der Waals surface area contributed by atoms with E-state index < -0.39 is 24.1 Å². The van der Waals surface area contributed by atoms with E-state index in [2.05, 4.69) is 15.3 Å². The Morgan fingerprint density at radius 2 is 2.19 bits per heavy atom. The molecule has 0 radical (unpaired) electrons. The largest absolute Gasteiger partial charge is 0.483 e. The van der Waals surface area contributed by atoms with Gasteiger partial charge >= 0.3 is 6.09 Å². The van der Waals surface area contributed by atoms with Crippen LogP contribution in [0, 0.1) is 5.82 Å². The van der Waals surface area contributed by atoms with E-state index >= 15 is 0 Å². The number of hydrogen-bond acceptors (Lipinski definition) is 6. The number of carbonyl (C=O) groups excluding carboxylic acids is 1. The van der Waals surface area contributed by atoms with Gasteiger partial charge in [-0.05, 0) is 31.4 Å². The van der Waals surface area contributed by atoms with E-state index in [1.54, 1.807) is 24.4 Å². The second kappa shape index (κ2) is 7.66. The Balaban J connectivity index is 1.44. The Morgan fingerprint density at radius 3 is 3.00 bits per heavy atom. The summed E-state index contributed by atoms with van der Waals surface area (Å²) in [7, 11) is 0. The molecule has 6 nitrogen and oxygen atoms in total. The first-order valence-electron chi connectivity index (χ1n) is 8.38. The minimum Gasteiger partial charge on any atom is -0.483 e. The number of pyridine rings is 1. The summed E-state index contributed by atoms with van der Waals surface area (Å²) in [4.78, 5) is 20.1. The molecule has 27 heavy (non-hydrogen) atoms. The topological polar surface area (TPSA) is 73.3 Å². The van der Waals surface area contributed by atoms with Crippen LogP contribution in [-0.2, 0) is 4.74 Å². The molecule has 0 bridgehead atoms. The number of thiazole rings is 1. The molecule has 2 heterocycles. The molecule has 1 N–H and O–H groups in total. The smallest absolute Gasteiger partial charge is 0.412 e. The molecule has 0 saturated heterocycles. The van der Waals surface area contributed by atoms with Crippen molar-refractivity contribution in [3.63, 3.8) is 0 Å². The predicted molar refractivity (Wildman–Crippen MR) is 101 cm³/mol. The molecular formula is C18H15ClFN3O3S. The van der Waals surface area contributed by atoms with Gasteiger partial charge in [-0.1, -0.05) is 11.6 Å². The van der Waals surface area contributed by atoms with Gasteiger partial charge in [-0.15, -0.1) is 11.3 Å². The number of benzene rings is 1. The zero-order chi connectivity index (χ0) is 18.8. The second-order valence-corrected chi connectivity index (χ2v) is 7.73. The Kier molecular flexibility index (Phi) is 5.09. The van der Waals surface area contributed by atoms with Crippen molar-refractivity contribution in [1.82, 2.24) is 9.97 Å². The number of aromatic nitrogens is 2. The van der Waals surface area contributed by atoms with Crippen molar-refractivity contribution in [2.45, 2.75) is 31.5 Å². The molecule has 4 rings (SSSR count). The van der Waals surface area contributed by atoms with Gasteiger partial charge in [-0.2, -0.15) is 0 Å². The van der Waals surface area contributed by atoms with E-state index in [0.29, 0.717) is 28.5 Å². The number of anilines is 1. The zero-order valence-corrected chi connectivity index (χ0v) is 15.6. The molecule has 1 fully saturated rings. The maximum absolute atomic E-state index is 14.3. The van der Waals surface area contributed by atoms with Crippen molar-refractivity contribution in [2.75, 3.05) is 5.32 Å². The summed E-state index contributed by atoms with van der Waals surface area (Å²) in [6.07, 6.45) is 3.82. The van der Waals surface area contributed by atoms with Gasteiger partial charge in [0.15, 0.2) is 16.0 Å². The minimum absolute atomic E-state index is 0.107. The number of rotatable bonds is 4. The molecule has 1 amide bonds. The average Bonchev–Trinajstić information content (AvgIpc) is 3.21. The van der Waals surface area contributed by atoms with E-state index in [1.165, 1.54) is 23.6 Å². The molecule has 0 aliphatic heterocycles. The van der Waals surface area contributed by atoms with Gasteiger partial charge in [0.25, 0.3) is 0 Å². The highest BCUT2D eigenvalue weighted by Crippen LogP contribution is 2.34. The Bertz CT molecular complexity index is 969. The van der Waals surface area contributed by atoms with Crippen LogP contribution in [-0.4, -0.2) is 28.3 Å². The number of halogens is 2. The third-order valence-electron chi connectivity index (χ3n) is 4.25. The van der Waals surface area contributed by atoms with E-state index in [0.717, 1.165) is 11.1 Å². The number of nitrogens with zero attached hydrogens (tertiary/aromatic N) is 2. The van der Waals surface area contributed by atoms with Crippen LogP contribution in [0.5, 0.6) is 5.75 Å². The monoisotopic (exact) mass is 407 g/mol. The van der Waals surface area contributed by atoms with Crippen LogP contribution in [0.2, 0.25) is 4.47 Å². The number of amides is 1. The fourth-order valence-electron chi connectivity index (χ4n) is 3.04. The average molecular weight is 408 g/mol. The SMILES string of the molecule is O=C(Nc1cccnc1)OC1CCCC1Oc1cc2sc(Cl)nc2cc1F. The molecule has 1 saturated carbocycles. The summed E-state index contributed by atoms with van der Waals surface area (Å²) in [5.41, 5.74) is 1.03. The van der Waals surface area contributed by atoms with E-state index in [-0.39, 0.29) is 5.75 Å². The van der Waals surface area contributed by atoms with Gasteiger partial charge in [-0.3, -0.25) is 10.3 Å². The molecule has 2 aromatic heterocycles. The molecule has 9 heteroatoms. The summed E-state index contributed by atoms with van der Waals surface area (Å²) in [5.74, 6) is -0.411. The third kappa shape index (κ3) is 4.12. The molecule has 1 aliphatic rings. The highest BCUT2D eigenvalue weighted by Gasteiger charge is 2.33. The molecule has 2 atom stereocenters. The summed E-state index contributed by atoms with van der Waals surface area (Å²) in [5, 5.41) is 2.62. The van der Waals surface area contributed by atoms with Crippen LogP contribution in [0.25, 0.3) is 10.2 Å². The van der Waals surface area contributed by atoms with E-state index in [9.17, 15) is 9.18 Å². The highest BCUT2D eigenvalue weighted by atomic mass is 35.5. The standard InChI is InChI=1S/C18H15ClFN3O3S/c19-17-23-12-7-11(20)15(8-16(12)27-17)25-13-4-1-5-14(13)26-18(24)22-10-3-2-6-21-9-10/h2-3,6-9,13-14H,1,4-5H2,(H,22,24). The number of nitrogens with one attached hydrogen (secondary N) is 1. The summed E-state index contributed by atoms with van der Waals surface area (Å²) < 4.78 is 26.7. The van der Waals surface area contributed by atoms with Gasteiger partial charge in [0, 0.05) is 18.3 Å². The minimum atomic E-state index is -0.589. The van der Waals surface area contributed by atoms with Crippen LogP contribution >= 0.6 is 22.9 Å². The van der Waals surface area contributed by atoms with Crippen LogP contribution in [0.15, 0.2) is 36.7 Å². The molecule has 1 aliphatic carbocycles. The van der Waals surface area contributed by atoms with Crippen molar-refractivity contribution in [3.8, 4) is 5.75 Å². The predicted octanol–water partition coefficient (Wildman–Crippen LogP) is 5.03. The summed E-state index contributed by atoms with van der Waals surface area (Å²) in [6.45, 7) is 0. The Labute approximate surface area is 163 Å². The lowest BCUT2D eigenvalue weighted by Gasteiger charge is -2.22. The van der Waals surface area contributed by atoms with E-state index in [4.69, 9.17) is 21.1 Å². The lowest BCUT2D eigenvalue weighted by molar-refractivity contribution is 0.0401. The number of hydrogen-bond donors (Lipinski definition) is 1. The fraction of sp³-hybridized carbons (Fsp3) is 0.278. The molecule has 0 spiro atoms. The molecular weight excluding hydrogens is 393 g/mol. The van der Waals surface area contributed by atoms with Crippen molar-refractivity contribution in [2.24, 2.45) is 0 Å². The lowest BCUT2D eigenvalue weighted by Crippen LogP contribution is -2.32. The third-order valence-corrected chi connectivity index (χ3v) is 5.38. The van der Waals surface area contributed by atoms with Gasteiger partial charge in [0.1, 0.15) is 12.2 Å². The maximum Gasteiger partial charge on any atom is 0.412 e. The summed E-state index contributed by atoms with van der Waals surface area (Å²) in [6, 6.07) is 6.30. The van der Waals surface area contributed by atoms with Crippen molar-refractivity contribution in [3.05, 3.63) is 46.9 Å². The fourth-order valence-corrected chi connectivity index (χ4v) is 4.08. The van der Waals surface area contributed by atoms with Gasteiger partial charge in [0.05, 0.1) is 22.1 Å². The Hall–Kier alpha value is -2.45. The second-order valence-electron chi connectivity index (χ2n) is 6.11. The zero-order valence-electron chi connectivity index (χ0n) is 14.0. The Morgan fingerprint density at radius 1 is 1.33 bits per heavy atom. The maximum atomic E-state index is 14.3. The van der Waals surface area contributed by atoms with Gasteiger partial charge < -0.3 is 9.47 Å². The van der Waals surface area contributed by atoms with Crippen molar-refractivity contribution in [1.29, 1.82) is 0 Å². The molecule has 140 valence electrons. The van der Waals surface area contributed by atoms with Gasteiger partial charge in [-0.25, -0.2) is 14.2 Å². The van der Waals surface area contributed by atoms with Crippen LogP contribution in [0.1, 0.15) is 19.3 Å². The first-order chi connectivity index (χ1) is 13.1. The van der Waals surface area contributed by atoms with Crippen molar-refractivity contribution < 1.29 is 18.7 Å². The van der Waals surface area contributed by atoms with Gasteiger partial charge in [0.2, 0.25) is 0 Å². The summed E-state index contributed by atoms with van der Waals surface area (Å²) >= 11 is 7.13.